The molecule has 1 amide bonds. The lowest BCUT2D eigenvalue weighted by molar-refractivity contribution is -0.0674. The Bertz CT molecular complexity index is 324. The third-order valence-corrected chi connectivity index (χ3v) is 4.24. The summed E-state index contributed by atoms with van der Waals surface area (Å²) in [6.45, 7) is 7.33. The van der Waals surface area contributed by atoms with Gasteiger partial charge in [-0.2, -0.15) is 0 Å². The fraction of sp³-hybridized carbons (Fsp3) is 0.929. The molecule has 2 aliphatic rings. The molecule has 1 spiro atoms. The molecule has 2 rings (SSSR count). The van der Waals surface area contributed by atoms with Crippen LogP contribution in [0.5, 0.6) is 0 Å². The van der Waals surface area contributed by atoms with Crippen molar-refractivity contribution < 1.29 is 9.53 Å². The van der Waals surface area contributed by atoms with Gasteiger partial charge < -0.3 is 15.4 Å². The van der Waals surface area contributed by atoms with Crippen LogP contribution in [0.2, 0.25) is 0 Å². The maximum atomic E-state index is 12.2. The number of ether oxygens (including phenoxy) is 1. The summed E-state index contributed by atoms with van der Waals surface area (Å²) in [6.07, 6.45) is 5.53. The number of amides is 1. The highest BCUT2D eigenvalue weighted by Crippen LogP contribution is 2.45. The van der Waals surface area contributed by atoms with Crippen molar-refractivity contribution >= 4 is 6.09 Å². The van der Waals surface area contributed by atoms with Crippen LogP contribution in [0.3, 0.4) is 0 Å². The van der Waals surface area contributed by atoms with Gasteiger partial charge in [0.05, 0.1) is 0 Å². The zero-order valence-corrected chi connectivity index (χ0v) is 11.9. The summed E-state index contributed by atoms with van der Waals surface area (Å²) in [5.74, 6) is 0.573. The van der Waals surface area contributed by atoms with Gasteiger partial charge in [0.2, 0.25) is 0 Å². The number of nitrogens with zero attached hydrogens (tertiary/aromatic N) is 1. The van der Waals surface area contributed by atoms with Crippen LogP contribution in [-0.4, -0.2) is 35.2 Å². The van der Waals surface area contributed by atoms with Crippen LogP contribution in [0.15, 0.2) is 0 Å². The Kier molecular flexibility index (Phi) is 3.58. The van der Waals surface area contributed by atoms with E-state index in [9.17, 15) is 4.79 Å². The standard InChI is InChI=1S/C14H26N2O2/c1-13(2,3)18-12(17)16-8-7-14(16)6-4-5-11(9-14)10-15/h11H,4-10,15H2,1-3H3. The Labute approximate surface area is 110 Å². The zero-order chi connectivity index (χ0) is 13.4. The highest BCUT2D eigenvalue weighted by atomic mass is 16.6. The van der Waals surface area contributed by atoms with Crippen LogP contribution in [0.4, 0.5) is 4.79 Å². The minimum absolute atomic E-state index is 0.0601. The molecule has 0 aromatic heterocycles. The number of hydrogen-bond acceptors (Lipinski definition) is 3. The summed E-state index contributed by atoms with van der Waals surface area (Å²) in [4.78, 5) is 14.1. The van der Waals surface area contributed by atoms with Gasteiger partial charge in [-0.25, -0.2) is 4.79 Å². The van der Waals surface area contributed by atoms with E-state index in [4.69, 9.17) is 10.5 Å². The van der Waals surface area contributed by atoms with Crippen molar-refractivity contribution in [1.82, 2.24) is 4.90 Å². The van der Waals surface area contributed by atoms with Crippen LogP contribution in [0.1, 0.15) is 52.9 Å². The first kappa shape index (κ1) is 13.7. The lowest BCUT2D eigenvalue weighted by Crippen LogP contribution is -2.64. The maximum absolute atomic E-state index is 12.2. The Morgan fingerprint density at radius 3 is 2.67 bits per heavy atom. The maximum Gasteiger partial charge on any atom is 0.410 e. The first-order chi connectivity index (χ1) is 8.36. The number of carbonyl (C=O) groups is 1. The predicted octanol–water partition coefficient (Wildman–Crippen LogP) is 2.51. The van der Waals surface area contributed by atoms with Crippen molar-refractivity contribution in [3.05, 3.63) is 0 Å². The lowest BCUT2D eigenvalue weighted by Gasteiger charge is -2.56. The lowest BCUT2D eigenvalue weighted by atomic mass is 9.69. The van der Waals surface area contributed by atoms with E-state index in [0.29, 0.717) is 5.92 Å². The number of carbonyl (C=O) groups excluding carboxylic acids is 1. The summed E-state index contributed by atoms with van der Waals surface area (Å²) >= 11 is 0. The van der Waals surface area contributed by atoms with Gasteiger partial charge in [0, 0.05) is 12.1 Å². The van der Waals surface area contributed by atoms with E-state index in [2.05, 4.69) is 0 Å². The summed E-state index contributed by atoms with van der Waals surface area (Å²) in [5, 5.41) is 0. The average molecular weight is 254 g/mol. The molecule has 18 heavy (non-hydrogen) atoms. The Morgan fingerprint density at radius 1 is 1.44 bits per heavy atom. The molecule has 104 valence electrons. The number of nitrogens with two attached hydrogens (primary N) is 1. The fourth-order valence-corrected chi connectivity index (χ4v) is 3.28. The van der Waals surface area contributed by atoms with Gasteiger partial charge in [-0.15, -0.1) is 0 Å². The molecule has 0 aromatic rings. The number of likely N-dealkylation sites (tertiary alicyclic amines) is 1. The minimum Gasteiger partial charge on any atom is -0.444 e. The second kappa shape index (κ2) is 4.72. The van der Waals surface area contributed by atoms with Crippen LogP contribution in [0, 0.1) is 5.92 Å². The molecule has 4 heteroatoms. The van der Waals surface area contributed by atoms with Gasteiger partial charge in [0.15, 0.2) is 0 Å². The van der Waals surface area contributed by atoms with E-state index in [1.165, 1.54) is 12.8 Å². The quantitative estimate of drug-likeness (QED) is 0.782. The van der Waals surface area contributed by atoms with Crippen LogP contribution in [-0.2, 0) is 4.74 Å². The van der Waals surface area contributed by atoms with E-state index in [0.717, 1.165) is 32.4 Å². The second-order valence-electron chi connectivity index (χ2n) is 6.80. The van der Waals surface area contributed by atoms with Gasteiger partial charge in [0.25, 0.3) is 0 Å². The number of hydrogen-bond donors (Lipinski definition) is 1. The SMILES string of the molecule is CC(C)(C)OC(=O)N1CCC12CCCC(CN)C2. The molecule has 1 heterocycles. The van der Waals surface area contributed by atoms with Crippen molar-refractivity contribution in [3.63, 3.8) is 0 Å². The van der Waals surface area contributed by atoms with Gasteiger partial charge >= 0.3 is 6.09 Å². The van der Waals surface area contributed by atoms with Crippen LogP contribution < -0.4 is 5.73 Å². The molecule has 1 saturated carbocycles. The second-order valence-corrected chi connectivity index (χ2v) is 6.80. The molecule has 1 aliphatic carbocycles. The predicted molar refractivity (Wildman–Crippen MR) is 71.3 cm³/mol. The van der Waals surface area contributed by atoms with Crippen LogP contribution in [0.25, 0.3) is 0 Å². The zero-order valence-electron chi connectivity index (χ0n) is 11.9. The largest absolute Gasteiger partial charge is 0.444 e. The molecule has 2 atom stereocenters. The molecule has 1 aliphatic heterocycles. The normalized spacial score (nSPS) is 32.2. The van der Waals surface area contributed by atoms with Gasteiger partial charge in [-0.1, -0.05) is 6.42 Å². The van der Waals surface area contributed by atoms with Gasteiger partial charge in [0.1, 0.15) is 5.60 Å². The first-order valence-electron chi connectivity index (χ1n) is 7.07. The molecule has 1 saturated heterocycles. The van der Waals surface area contributed by atoms with Crippen molar-refractivity contribution in [2.24, 2.45) is 11.7 Å². The molecule has 4 nitrogen and oxygen atoms in total. The molecule has 0 aromatic carbocycles. The smallest absolute Gasteiger partial charge is 0.410 e. The summed E-state index contributed by atoms with van der Waals surface area (Å²) in [6, 6.07) is 0. The molecular weight excluding hydrogens is 228 g/mol. The molecule has 2 N–H and O–H groups in total. The Balaban J connectivity index is 2.00. The minimum atomic E-state index is -0.407. The monoisotopic (exact) mass is 254 g/mol. The van der Waals surface area contributed by atoms with Crippen molar-refractivity contribution in [1.29, 1.82) is 0 Å². The fourth-order valence-electron chi connectivity index (χ4n) is 3.28. The summed E-state index contributed by atoms with van der Waals surface area (Å²) in [7, 11) is 0. The molecule has 0 bridgehead atoms. The first-order valence-corrected chi connectivity index (χ1v) is 7.07. The Hall–Kier alpha value is -0.770. The third kappa shape index (κ3) is 2.63. The molecule has 2 unspecified atom stereocenters. The molecule has 0 radical (unpaired) electrons. The summed E-state index contributed by atoms with van der Waals surface area (Å²) < 4.78 is 5.49. The van der Waals surface area contributed by atoms with E-state index in [-0.39, 0.29) is 11.6 Å². The van der Waals surface area contributed by atoms with E-state index in [1.54, 1.807) is 0 Å². The van der Waals surface area contributed by atoms with Gasteiger partial charge in [-0.3, -0.25) is 0 Å². The van der Waals surface area contributed by atoms with Crippen LogP contribution >= 0.6 is 0 Å². The van der Waals surface area contributed by atoms with Crippen molar-refractivity contribution in [2.75, 3.05) is 13.1 Å². The highest BCUT2D eigenvalue weighted by molar-refractivity contribution is 5.70. The molecular formula is C14H26N2O2. The van der Waals surface area contributed by atoms with E-state index in [1.807, 2.05) is 25.7 Å². The average Bonchev–Trinajstić information content (AvgIpc) is 2.25. The van der Waals surface area contributed by atoms with E-state index < -0.39 is 5.60 Å². The summed E-state index contributed by atoms with van der Waals surface area (Å²) in [5.41, 5.74) is 5.44. The highest BCUT2D eigenvalue weighted by Gasteiger charge is 2.50. The number of rotatable bonds is 1. The Morgan fingerprint density at radius 2 is 2.17 bits per heavy atom. The van der Waals surface area contributed by atoms with Crippen molar-refractivity contribution in [3.8, 4) is 0 Å². The topological polar surface area (TPSA) is 55.6 Å². The molecule has 2 fully saturated rings. The van der Waals surface area contributed by atoms with E-state index >= 15 is 0 Å². The van der Waals surface area contributed by atoms with Crippen molar-refractivity contribution in [2.45, 2.75) is 64.0 Å². The van der Waals surface area contributed by atoms with Gasteiger partial charge in [-0.05, 0) is 58.9 Å². The third-order valence-electron chi connectivity index (χ3n) is 4.24.